The highest BCUT2D eigenvalue weighted by Crippen LogP contribution is 2.32. The van der Waals surface area contributed by atoms with Gasteiger partial charge in [-0.1, -0.05) is 37.1 Å². The molecule has 96 valence electrons. The first-order chi connectivity index (χ1) is 8.61. The molecule has 0 amide bonds. The van der Waals surface area contributed by atoms with Crippen molar-refractivity contribution in [2.45, 2.75) is 32.7 Å². The first kappa shape index (κ1) is 13.5. The van der Waals surface area contributed by atoms with Crippen LogP contribution in [0.3, 0.4) is 0 Å². The van der Waals surface area contributed by atoms with Crippen LogP contribution in [0.1, 0.15) is 35.7 Å². The topological polar surface area (TPSA) is 38.9 Å². The summed E-state index contributed by atoms with van der Waals surface area (Å²) in [7, 11) is 0. The van der Waals surface area contributed by atoms with Gasteiger partial charge in [-0.15, -0.1) is 11.3 Å². The lowest BCUT2D eigenvalue weighted by Crippen LogP contribution is -2.09. The van der Waals surface area contributed by atoms with Crippen molar-refractivity contribution in [3.8, 4) is 11.3 Å². The van der Waals surface area contributed by atoms with Gasteiger partial charge >= 0.3 is 0 Å². The van der Waals surface area contributed by atoms with E-state index in [0.29, 0.717) is 0 Å². The summed E-state index contributed by atoms with van der Waals surface area (Å²) in [6.45, 7) is 4.22. The van der Waals surface area contributed by atoms with E-state index < -0.39 is 0 Å². The number of rotatable bonds is 4. The van der Waals surface area contributed by atoms with Crippen LogP contribution in [-0.4, -0.2) is 4.98 Å². The quantitative estimate of drug-likeness (QED) is 0.891. The lowest BCUT2D eigenvalue weighted by molar-refractivity contribution is 0.635. The minimum Gasteiger partial charge on any atom is -0.322 e. The summed E-state index contributed by atoms with van der Waals surface area (Å²) in [6.07, 6.45) is 2.05. The molecule has 1 aromatic heterocycles. The second-order valence-electron chi connectivity index (χ2n) is 4.36. The average molecular weight is 281 g/mol. The first-order valence-corrected chi connectivity index (χ1v) is 7.30. The number of aryl methyl sites for hydroxylation is 1. The summed E-state index contributed by atoms with van der Waals surface area (Å²) in [5.74, 6) is 0. The third kappa shape index (κ3) is 2.91. The average Bonchev–Trinajstić information content (AvgIpc) is 2.72. The van der Waals surface area contributed by atoms with E-state index in [4.69, 9.17) is 17.3 Å². The maximum absolute atomic E-state index is 6.12. The molecule has 0 fully saturated rings. The summed E-state index contributed by atoms with van der Waals surface area (Å²) in [6, 6.07) is 7.84. The van der Waals surface area contributed by atoms with Crippen LogP contribution in [0.25, 0.3) is 11.3 Å². The Bertz CT molecular complexity index is 536. The number of thiazole rings is 1. The van der Waals surface area contributed by atoms with Crippen LogP contribution >= 0.6 is 22.9 Å². The maximum Gasteiger partial charge on any atom is 0.110 e. The SMILES string of the molecule is CCCC(N)c1nc(-c2cccc(Cl)c2)c(C)s1. The van der Waals surface area contributed by atoms with Crippen LogP contribution in [0.15, 0.2) is 24.3 Å². The molecule has 0 radical (unpaired) electrons. The third-order valence-corrected chi connectivity index (χ3v) is 4.17. The number of nitrogens with zero attached hydrogens (tertiary/aromatic N) is 1. The Hall–Kier alpha value is -0.900. The van der Waals surface area contributed by atoms with Crippen LogP contribution in [0.4, 0.5) is 0 Å². The molecule has 18 heavy (non-hydrogen) atoms. The van der Waals surface area contributed by atoms with Crippen molar-refractivity contribution in [1.82, 2.24) is 4.98 Å². The van der Waals surface area contributed by atoms with Gasteiger partial charge in [0.15, 0.2) is 0 Å². The highest BCUT2D eigenvalue weighted by Gasteiger charge is 2.14. The van der Waals surface area contributed by atoms with Crippen LogP contribution in [0, 0.1) is 6.92 Å². The van der Waals surface area contributed by atoms with E-state index >= 15 is 0 Å². The molecule has 2 nitrogen and oxygen atoms in total. The van der Waals surface area contributed by atoms with Gasteiger partial charge in [0.25, 0.3) is 0 Å². The van der Waals surface area contributed by atoms with Crippen molar-refractivity contribution in [3.63, 3.8) is 0 Å². The van der Waals surface area contributed by atoms with Gasteiger partial charge in [0.05, 0.1) is 11.7 Å². The van der Waals surface area contributed by atoms with E-state index in [-0.39, 0.29) is 6.04 Å². The standard InChI is InChI=1S/C14H17ClN2S/c1-3-5-12(16)14-17-13(9(2)18-14)10-6-4-7-11(15)8-10/h4,6-8,12H,3,5,16H2,1-2H3. The smallest absolute Gasteiger partial charge is 0.110 e. The Balaban J connectivity index is 2.35. The van der Waals surface area contributed by atoms with E-state index in [1.165, 1.54) is 4.88 Å². The molecule has 1 heterocycles. The Kier molecular flexibility index (Phi) is 4.38. The molecular formula is C14H17ClN2S. The van der Waals surface area contributed by atoms with E-state index in [1.54, 1.807) is 11.3 Å². The third-order valence-electron chi connectivity index (χ3n) is 2.83. The summed E-state index contributed by atoms with van der Waals surface area (Å²) >= 11 is 7.70. The molecule has 0 saturated heterocycles. The first-order valence-electron chi connectivity index (χ1n) is 6.10. The summed E-state index contributed by atoms with van der Waals surface area (Å²) in [5, 5.41) is 1.75. The van der Waals surface area contributed by atoms with Gasteiger partial charge in [0.2, 0.25) is 0 Å². The fourth-order valence-electron chi connectivity index (χ4n) is 1.91. The predicted octanol–water partition coefficient (Wildman–Crippen LogP) is 4.57. The Morgan fingerprint density at radius 3 is 2.89 bits per heavy atom. The minimum absolute atomic E-state index is 0.0478. The van der Waals surface area contributed by atoms with Gasteiger partial charge in [-0.3, -0.25) is 0 Å². The van der Waals surface area contributed by atoms with Gasteiger partial charge in [-0.05, 0) is 25.5 Å². The summed E-state index contributed by atoms with van der Waals surface area (Å²) < 4.78 is 0. The fraction of sp³-hybridized carbons (Fsp3) is 0.357. The van der Waals surface area contributed by atoms with Crippen molar-refractivity contribution >= 4 is 22.9 Å². The van der Waals surface area contributed by atoms with Crippen molar-refractivity contribution in [2.75, 3.05) is 0 Å². The van der Waals surface area contributed by atoms with Gasteiger partial charge in [0.1, 0.15) is 5.01 Å². The van der Waals surface area contributed by atoms with Gasteiger partial charge in [0, 0.05) is 15.5 Å². The largest absolute Gasteiger partial charge is 0.322 e. The Morgan fingerprint density at radius 2 is 2.22 bits per heavy atom. The molecule has 0 aliphatic rings. The Labute approximate surface area is 117 Å². The molecule has 0 saturated carbocycles. The van der Waals surface area contributed by atoms with Gasteiger partial charge in [-0.25, -0.2) is 4.98 Å². The van der Waals surface area contributed by atoms with Crippen molar-refractivity contribution in [2.24, 2.45) is 5.73 Å². The number of hydrogen-bond donors (Lipinski definition) is 1. The Morgan fingerprint density at radius 1 is 1.44 bits per heavy atom. The molecule has 2 N–H and O–H groups in total. The van der Waals surface area contributed by atoms with Crippen molar-refractivity contribution in [1.29, 1.82) is 0 Å². The normalized spacial score (nSPS) is 12.7. The van der Waals surface area contributed by atoms with E-state index in [1.807, 2.05) is 24.3 Å². The molecule has 1 atom stereocenters. The lowest BCUT2D eigenvalue weighted by atomic mass is 10.1. The zero-order valence-corrected chi connectivity index (χ0v) is 12.2. The van der Waals surface area contributed by atoms with Gasteiger partial charge < -0.3 is 5.73 Å². The highest BCUT2D eigenvalue weighted by molar-refractivity contribution is 7.12. The second-order valence-corrected chi connectivity index (χ2v) is 6.03. The van der Waals surface area contributed by atoms with Crippen LogP contribution < -0.4 is 5.73 Å². The zero-order chi connectivity index (χ0) is 13.1. The number of hydrogen-bond acceptors (Lipinski definition) is 3. The van der Waals surface area contributed by atoms with E-state index in [2.05, 4.69) is 18.8 Å². The molecule has 0 aliphatic heterocycles. The van der Waals surface area contributed by atoms with Crippen molar-refractivity contribution < 1.29 is 0 Å². The predicted molar refractivity (Wildman–Crippen MR) is 79.1 cm³/mol. The second kappa shape index (κ2) is 5.83. The number of aromatic nitrogens is 1. The monoisotopic (exact) mass is 280 g/mol. The van der Waals surface area contributed by atoms with E-state index in [9.17, 15) is 0 Å². The number of nitrogens with two attached hydrogens (primary N) is 1. The van der Waals surface area contributed by atoms with Crippen LogP contribution in [0.2, 0.25) is 5.02 Å². The molecular weight excluding hydrogens is 264 g/mol. The molecule has 0 spiro atoms. The molecule has 1 unspecified atom stereocenters. The highest BCUT2D eigenvalue weighted by atomic mass is 35.5. The van der Waals surface area contributed by atoms with Gasteiger partial charge in [-0.2, -0.15) is 0 Å². The lowest BCUT2D eigenvalue weighted by Gasteiger charge is -2.05. The molecule has 0 aliphatic carbocycles. The van der Waals surface area contributed by atoms with Crippen LogP contribution in [0.5, 0.6) is 0 Å². The molecule has 0 bridgehead atoms. The summed E-state index contributed by atoms with van der Waals surface area (Å²) in [5.41, 5.74) is 8.18. The molecule has 1 aromatic carbocycles. The van der Waals surface area contributed by atoms with E-state index in [0.717, 1.165) is 34.1 Å². The molecule has 4 heteroatoms. The van der Waals surface area contributed by atoms with Crippen molar-refractivity contribution in [3.05, 3.63) is 39.2 Å². The maximum atomic E-state index is 6.12. The fourth-order valence-corrected chi connectivity index (χ4v) is 3.08. The summed E-state index contributed by atoms with van der Waals surface area (Å²) in [4.78, 5) is 5.87. The van der Waals surface area contributed by atoms with Crippen LogP contribution in [-0.2, 0) is 0 Å². The number of benzene rings is 1. The minimum atomic E-state index is 0.0478. The number of halogens is 1. The zero-order valence-electron chi connectivity index (χ0n) is 10.6. The molecule has 2 aromatic rings. The molecule has 2 rings (SSSR count).